The van der Waals surface area contributed by atoms with Crippen LogP contribution in [0.4, 0.5) is 5.95 Å². The van der Waals surface area contributed by atoms with Crippen LogP contribution >= 0.6 is 11.3 Å². The fourth-order valence-corrected chi connectivity index (χ4v) is 5.00. The van der Waals surface area contributed by atoms with Gasteiger partial charge in [0, 0.05) is 50.3 Å². The first kappa shape index (κ1) is 21.0. The van der Waals surface area contributed by atoms with E-state index in [2.05, 4.69) is 15.3 Å². The number of benzene rings is 1. The van der Waals surface area contributed by atoms with Crippen LogP contribution in [0.25, 0.3) is 22.0 Å². The van der Waals surface area contributed by atoms with Crippen LogP contribution in [-0.4, -0.2) is 63.7 Å². The van der Waals surface area contributed by atoms with Gasteiger partial charge in [-0.15, -0.1) is 11.3 Å². The predicted molar refractivity (Wildman–Crippen MR) is 122 cm³/mol. The van der Waals surface area contributed by atoms with Crippen LogP contribution < -0.4 is 5.32 Å². The Morgan fingerprint density at radius 1 is 1.25 bits per heavy atom. The molecule has 1 aliphatic carbocycles. The highest BCUT2D eigenvalue weighted by Gasteiger charge is 2.45. The number of aromatic nitrogens is 3. The number of hydrogen-bond donors (Lipinski definition) is 2. The summed E-state index contributed by atoms with van der Waals surface area (Å²) >= 11 is 1.50. The van der Waals surface area contributed by atoms with Gasteiger partial charge < -0.3 is 20.1 Å². The minimum absolute atomic E-state index is 0.265. The molecule has 3 aromatic rings. The van der Waals surface area contributed by atoms with Gasteiger partial charge in [-0.3, -0.25) is 4.79 Å². The molecule has 32 heavy (non-hydrogen) atoms. The maximum absolute atomic E-state index is 12.5. The Labute approximate surface area is 190 Å². The van der Waals surface area contributed by atoms with Crippen molar-refractivity contribution in [3.63, 3.8) is 0 Å². The van der Waals surface area contributed by atoms with Gasteiger partial charge in [0.2, 0.25) is 5.95 Å². The second-order valence-corrected chi connectivity index (χ2v) is 9.25. The maximum Gasteiger partial charge on any atom is 0.258 e. The smallest absolute Gasteiger partial charge is 0.258 e. The predicted octanol–water partition coefficient (Wildman–Crippen LogP) is 2.91. The third kappa shape index (κ3) is 3.76. The molecule has 2 aromatic heterocycles. The molecule has 0 radical (unpaired) electrons. The highest BCUT2D eigenvalue weighted by molar-refractivity contribution is 7.13. The van der Waals surface area contributed by atoms with Gasteiger partial charge >= 0.3 is 0 Å². The lowest BCUT2D eigenvalue weighted by Crippen LogP contribution is -2.40. The first-order chi connectivity index (χ1) is 15.5. The van der Waals surface area contributed by atoms with E-state index in [4.69, 9.17) is 9.72 Å². The van der Waals surface area contributed by atoms with Crippen molar-refractivity contribution in [2.45, 2.75) is 37.0 Å². The second kappa shape index (κ2) is 8.23. The molecule has 1 saturated carbocycles. The van der Waals surface area contributed by atoms with Gasteiger partial charge in [-0.25, -0.2) is 15.0 Å². The molecule has 1 saturated heterocycles. The lowest BCUT2D eigenvalue weighted by molar-refractivity contribution is -0.143. The van der Waals surface area contributed by atoms with Gasteiger partial charge in [-0.05, 0) is 30.5 Å². The van der Waals surface area contributed by atoms with Crippen molar-refractivity contribution in [3.05, 3.63) is 47.5 Å². The molecule has 8 nitrogen and oxygen atoms in total. The van der Waals surface area contributed by atoms with Gasteiger partial charge in [0.25, 0.3) is 5.91 Å². The lowest BCUT2D eigenvalue weighted by atomic mass is 9.89. The molecule has 166 valence electrons. The number of amides is 1. The van der Waals surface area contributed by atoms with Crippen LogP contribution in [-0.2, 0) is 15.1 Å². The van der Waals surface area contributed by atoms with Gasteiger partial charge in [-0.2, -0.15) is 0 Å². The number of likely N-dealkylation sites (tertiary alicyclic amines) is 1. The van der Waals surface area contributed by atoms with Crippen molar-refractivity contribution in [2.24, 2.45) is 0 Å². The average Bonchev–Trinajstić information content (AvgIpc) is 3.38. The number of ether oxygens (including phenoxy) is 1. The minimum atomic E-state index is -1.47. The largest absolute Gasteiger partial charge is 0.381 e. The number of thiazole rings is 1. The molecule has 0 bridgehead atoms. The van der Waals surface area contributed by atoms with Crippen LogP contribution in [0.3, 0.4) is 0 Å². The van der Waals surface area contributed by atoms with Crippen molar-refractivity contribution in [2.75, 3.05) is 26.0 Å². The number of anilines is 1. The van der Waals surface area contributed by atoms with E-state index in [9.17, 15) is 9.90 Å². The quantitative estimate of drug-likeness (QED) is 0.594. The highest BCUT2D eigenvalue weighted by Crippen LogP contribution is 2.36. The summed E-state index contributed by atoms with van der Waals surface area (Å²) in [6.45, 7) is 0.540. The van der Waals surface area contributed by atoms with E-state index in [1.807, 2.05) is 29.6 Å². The van der Waals surface area contributed by atoms with Crippen molar-refractivity contribution in [1.29, 1.82) is 0 Å². The van der Waals surface area contributed by atoms with E-state index in [-0.39, 0.29) is 5.91 Å². The lowest BCUT2D eigenvalue weighted by Gasteiger charge is -2.34. The van der Waals surface area contributed by atoms with E-state index in [0.717, 1.165) is 34.8 Å². The number of aliphatic hydroxyl groups is 1. The number of likely N-dealkylation sites (N-methyl/N-ethyl adjacent to an activating group) is 1. The third-order valence-corrected chi connectivity index (χ3v) is 7.17. The molecule has 9 heteroatoms. The van der Waals surface area contributed by atoms with E-state index in [0.29, 0.717) is 36.6 Å². The Hall–Kier alpha value is -2.88. The van der Waals surface area contributed by atoms with Crippen LogP contribution in [0.2, 0.25) is 0 Å². The van der Waals surface area contributed by atoms with Gasteiger partial charge in [-0.1, -0.05) is 18.2 Å². The van der Waals surface area contributed by atoms with Crippen molar-refractivity contribution < 1.29 is 14.6 Å². The van der Waals surface area contributed by atoms with E-state index in [1.165, 1.54) is 11.3 Å². The summed E-state index contributed by atoms with van der Waals surface area (Å²) < 4.78 is 5.32. The zero-order valence-corrected chi connectivity index (χ0v) is 18.8. The molecule has 3 heterocycles. The van der Waals surface area contributed by atoms with E-state index in [1.54, 1.807) is 31.3 Å². The van der Waals surface area contributed by atoms with E-state index < -0.39 is 5.60 Å². The number of nitrogens with one attached hydrogen (secondary N) is 1. The Bertz CT molecular complexity index is 1150. The molecule has 0 unspecified atom stereocenters. The molecule has 1 aromatic carbocycles. The standard InChI is InChI=1S/C23H25N5O3S/c1-28-9-7-23(30,21(28)29)15-5-3-4-14(10-15)20-26-19(13-32-20)18-6-8-24-22(27-18)25-16-11-17(12-16)31-2/h3-6,8,10,13,16-17,30H,7,9,11-12H2,1-2H3,(H,24,25,27)/t16?,17?,23-/m1/s1. The fourth-order valence-electron chi connectivity index (χ4n) is 4.18. The molecule has 1 atom stereocenters. The first-order valence-corrected chi connectivity index (χ1v) is 11.5. The fraction of sp³-hybridized carbons (Fsp3) is 0.391. The Kier molecular flexibility index (Phi) is 5.40. The Morgan fingerprint density at radius 3 is 2.84 bits per heavy atom. The zero-order chi connectivity index (χ0) is 22.3. The maximum atomic E-state index is 12.5. The van der Waals surface area contributed by atoms with E-state index >= 15 is 0 Å². The molecule has 2 N–H and O–H groups in total. The molecular weight excluding hydrogens is 426 g/mol. The summed E-state index contributed by atoms with van der Waals surface area (Å²) in [6, 6.07) is 9.62. The van der Waals surface area contributed by atoms with Gasteiger partial charge in [0.05, 0.1) is 11.8 Å². The molecule has 0 spiro atoms. The highest BCUT2D eigenvalue weighted by atomic mass is 32.1. The van der Waals surface area contributed by atoms with Crippen LogP contribution in [0, 0.1) is 0 Å². The van der Waals surface area contributed by atoms with Crippen molar-refractivity contribution >= 4 is 23.2 Å². The van der Waals surface area contributed by atoms with Gasteiger partial charge in [0.15, 0.2) is 5.60 Å². The second-order valence-electron chi connectivity index (χ2n) is 8.39. The molecular formula is C23H25N5O3S. The average molecular weight is 452 g/mol. The number of methoxy groups -OCH3 is 1. The van der Waals surface area contributed by atoms with Crippen molar-refractivity contribution in [3.8, 4) is 22.0 Å². The molecule has 1 amide bonds. The monoisotopic (exact) mass is 451 g/mol. The van der Waals surface area contributed by atoms with Crippen LogP contribution in [0.5, 0.6) is 0 Å². The summed E-state index contributed by atoms with van der Waals surface area (Å²) in [5.74, 6) is 0.323. The Morgan fingerprint density at radius 2 is 2.09 bits per heavy atom. The van der Waals surface area contributed by atoms with Crippen molar-refractivity contribution in [1.82, 2.24) is 19.9 Å². The SMILES string of the molecule is COC1CC(Nc2nccc(-c3csc(-c4cccc([C@]5(O)CCN(C)C5=O)c4)n3)n2)C1. The minimum Gasteiger partial charge on any atom is -0.381 e. The topological polar surface area (TPSA) is 100 Å². The molecule has 2 fully saturated rings. The summed E-state index contributed by atoms with van der Waals surface area (Å²) in [6.07, 6.45) is 4.33. The first-order valence-electron chi connectivity index (χ1n) is 10.6. The number of carbonyl (C=O) groups is 1. The summed E-state index contributed by atoms with van der Waals surface area (Å²) in [7, 11) is 3.45. The molecule has 5 rings (SSSR count). The normalized spacial score (nSPS) is 25.1. The third-order valence-electron chi connectivity index (χ3n) is 6.28. The molecule has 2 aliphatic rings. The summed E-state index contributed by atoms with van der Waals surface area (Å²) in [5, 5.41) is 17.1. The summed E-state index contributed by atoms with van der Waals surface area (Å²) in [4.78, 5) is 27.7. The molecule has 1 aliphatic heterocycles. The van der Waals surface area contributed by atoms with Crippen LogP contribution in [0.15, 0.2) is 41.9 Å². The summed E-state index contributed by atoms with van der Waals surface area (Å²) in [5.41, 5.74) is 1.50. The van der Waals surface area contributed by atoms with Gasteiger partial charge in [0.1, 0.15) is 10.7 Å². The number of carbonyl (C=O) groups excluding carboxylic acids is 1. The van der Waals surface area contributed by atoms with Crippen LogP contribution in [0.1, 0.15) is 24.8 Å². The number of nitrogens with zero attached hydrogens (tertiary/aromatic N) is 4. The number of hydrogen-bond acceptors (Lipinski definition) is 8. The zero-order valence-electron chi connectivity index (χ0n) is 18.0. The Balaban J connectivity index is 1.36. The number of rotatable bonds is 6.